The lowest BCUT2D eigenvalue weighted by molar-refractivity contribution is 0.0282. The fourth-order valence-electron chi connectivity index (χ4n) is 4.37. The Morgan fingerprint density at radius 3 is 2.46 bits per heavy atom. The number of carbonyl (C=O) groups excluding carboxylic acids is 1. The highest BCUT2D eigenvalue weighted by Gasteiger charge is 2.38. The summed E-state index contributed by atoms with van der Waals surface area (Å²) in [6, 6.07) is 7.92. The number of furan rings is 1. The lowest BCUT2D eigenvalue weighted by atomic mass is 9.71. The summed E-state index contributed by atoms with van der Waals surface area (Å²) >= 11 is 0. The first-order valence-corrected chi connectivity index (χ1v) is 9.61. The minimum Gasteiger partial charge on any atom is -0.469 e. The van der Waals surface area contributed by atoms with E-state index in [1.165, 1.54) is 12.8 Å². The third-order valence-electron chi connectivity index (χ3n) is 6.23. The van der Waals surface area contributed by atoms with E-state index in [2.05, 4.69) is 22.0 Å². The molecule has 0 bridgehead atoms. The average Bonchev–Trinajstić information content (AvgIpc) is 3.11. The van der Waals surface area contributed by atoms with Gasteiger partial charge in [-0.15, -0.1) is 0 Å². The van der Waals surface area contributed by atoms with Crippen LogP contribution in [0.1, 0.15) is 47.5 Å². The van der Waals surface area contributed by atoms with Crippen molar-refractivity contribution < 1.29 is 9.21 Å². The van der Waals surface area contributed by atoms with Gasteiger partial charge in [0.1, 0.15) is 5.76 Å². The predicted molar refractivity (Wildman–Crippen MR) is 99.8 cm³/mol. The number of hydrogen-bond acceptors (Lipinski definition) is 4. The van der Waals surface area contributed by atoms with Crippen LogP contribution in [0.3, 0.4) is 0 Å². The molecule has 2 aromatic rings. The van der Waals surface area contributed by atoms with Crippen molar-refractivity contribution >= 4 is 5.91 Å². The highest BCUT2D eigenvalue weighted by atomic mass is 16.3. The number of piperidine rings is 2. The van der Waals surface area contributed by atoms with Crippen molar-refractivity contribution in [2.24, 2.45) is 5.41 Å². The van der Waals surface area contributed by atoms with Gasteiger partial charge >= 0.3 is 0 Å². The zero-order valence-electron chi connectivity index (χ0n) is 15.5. The summed E-state index contributed by atoms with van der Waals surface area (Å²) in [6.07, 6.45) is 8.17. The van der Waals surface area contributed by atoms with Crippen LogP contribution in [0.5, 0.6) is 0 Å². The summed E-state index contributed by atoms with van der Waals surface area (Å²) in [5.74, 6) is 0.844. The van der Waals surface area contributed by atoms with E-state index in [-0.39, 0.29) is 5.91 Å². The number of hydrogen-bond donors (Lipinski definition) is 0. The summed E-state index contributed by atoms with van der Waals surface area (Å²) in [5, 5.41) is 0. The normalized spacial score (nSPS) is 20.4. The molecular weight excluding hydrogens is 326 g/mol. The van der Waals surface area contributed by atoms with E-state index in [0.717, 1.165) is 57.0 Å². The van der Waals surface area contributed by atoms with Crippen molar-refractivity contribution in [1.82, 2.24) is 14.8 Å². The first-order valence-electron chi connectivity index (χ1n) is 9.61. The van der Waals surface area contributed by atoms with E-state index >= 15 is 0 Å². The van der Waals surface area contributed by atoms with Gasteiger partial charge in [-0.3, -0.25) is 14.7 Å². The Hall–Kier alpha value is -2.14. The highest BCUT2D eigenvalue weighted by molar-refractivity contribution is 5.95. The van der Waals surface area contributed by atoms with Gasteiger partial charge < -0.3 is 9.32 Å². The molecule has 0 atom stereocenters. The molecule has 4 heterocycles. The largest absolute Gasteiger partial charge is 0.469 e. The molecular formula is C21H27N3O2. The maximum Gasteiger partial charge on any atom is 0.257 e. The van der Waals surface area contributed by atoms with Crippen LogP contribution in [0, 0.1) is 12.3 Å². The summed E-state index contributed by atoms with van der Waals surface area (Å²) in [6.45, 7) is 6.79. The SMILES string of the molecule is Cc1occc1C(=O)N1CCC2(CCN(Cc3ccccn3)CC2)CC1. The first kappa shape index (κ1) is 17.3. The Kier molecular flexibility index (Phi) is 4.81. The Morgan fingerprint density at radius 1 is 1.12 bits per heavy atom. The molecule has 138 valence electrons. The lowest BCUT2D eigenvalue weighted by Crippen LogP contribution is -2.48. The molecule has 2 aromatic heterocycles. The standard InChI is InChI=1S/C21H27N3O2/c1-17-19(5-15-26-17)20(25)24-13-8-21(9-14-24)6-11-23(12-7-21)16-18-4-2-3-10-22-18/h2-5,10,15H,6-9,11-14,16H2,1H3. The van der Waals surface area contributed by atoms with Gasteiger partial charge in [0.2, 0.25) is 0 Å². The minimum absolute atomic E-state index is 0.124. The second-order valence-corrected chi connectivity index (χ2v) is 7.78. The molecule has 0 N–H and O–H groups in total. The van der Waals surface area contributed by atoms with Crippen molar-refractivity contribution in [2.75, 3.05) is 26.2 Å². The van der Waals surface area contributed by atoms with Crippen LogP contribution in [-0.4, -0.2) is 46.9 Å². The van der Waals surface area contributed by atoms with Gasteiger partial charge in [-0.05, 0) is 69.3 Å². The Labute approximate surface area is 155 Å². The number of likely N-dealkylation sites (tertiary alicyclic amines) is 2. The van der Waals surface area contributed by atoms with Crippen LogP contribution in [0.15, 0.2) is 41.1 Å². The average molecular weight is 353 g/mol. The molecule has 5 nitrogen and oxygen atoms in total. The third-order valence-corrected chi connectivity index (χ3v) is 6.23. The highest BCUT2D eigenvalue weighted by Crippen LogP contribution is 2.41. The summed E-state index contributed by atoms with van der Waals surface area (Å²) in [5.41, 5.74) is 2.29. The van der Waals surface area contributed by atoms with Gasteiger partial charge in [-0.2, -0.15) is 0 Å². The second-order valence-electron chi connectivity index (χ2n) is 7.78. The molecule has 0 saturated carbocycles. The van der Waals surface area contributed by atoms with Gasteiger partial charge in [-0.1, -0.05) is 6.07 Å². The number of nitrogens with zero attached hydrogens (tertiary/aromatic N) is 3. The quantitative estimate of drug-likeness (QED) is 0.847. The number of aromatic nitrogens is 1. The molecule has 26 heavy (non-hydrogen) atoms. The van der Waals surface area contributed by atoms with Crippen LogP contribution in [0.2, 0.25) is 0 Å². The maximum atomic E-state index is 12.7. The van der Waals surface area contributed by atoms with Gasteiger partial charge in [0.25, 0.3) is 5.91 Å². The fraction of sp³-hybridized carbons (Fsp3) is 0.524. The lowest BCUT2D eigenvalue weighted by Gasteiger charge is -2.46. The number of aryl methyl sites for hydroxylation is 1. The zero-order chi connectivity index (χ0) is 18.0. The van der Waals surface area contributed by atoms with Gasteiger partial charge in [0.05, 0.1) is 17.5 Å². The van der Waals surface area contributed by atoms with E-state index in [1.54, 1.807) is 12.3 Å². The number of carbonyl (C=O) groups is 1. The van der Waals surface area contributed by atoms with Gasteiger partial charge in [0.15, 0.2) is 0 Å². The predicted octanol–water partition coefficient (Wildman–Crippen LogP) is 3.50. The molecule has 2 saturated heterocycles. The van der Waals surface area contributed by atoms with Gasteiger partial charge in [-0.25, -0.2) is 0 Å². The van der Waals surface area contributed by atoms with E-state index in [4.69, 9.17) is 4.42 Å². The summed E-state index contributed by atoms with van der Waals surface area (Å²) < 4.78 is 5.29. The van der Waals surface area contributed by atoms with Crippen LogP contribution >= 0.6 is 0 Å². The summed E-state index contributed by atoms with van der Waals surface area (Å²) in [4.78, 5) is 21.6. The fourth-order valence-corrected chi connectivity index (χ4v) is 4.37. The molecule has 4 rings (SSSR count). The van der Waals surface area contributed by atoms with E-state index < -0.39 is 0 Å². The molecule has 2 fully saturated rings. The molecule has 5 heteroatoms. The number of rotatable bonds is 3. The van der Waals surface area contributed by atoms with Crippen molar-refractivity contribution in [3.05, 3.63) is 53.7 Å². The van der Waals surface area contributed by atoms with E-state index in [1.807, 2.05) is 24.1 Å². The molecule has 1 spiro atoms. The third kappa shape index (κ3) is 3.54. The molecule has 0 aromatic carbocycles. The minimum atomic E-state index is 0.124. The van der Waals surface area contributed by atoms with Crippen molar-refractivity contribution in [2.45, 2.75) is 39.2 Å². The number of pyridine rings is 1. The second kappa shape index (κ2) is 7.23. The first-order chi connectivity index (χ1) is 12.7. The molecule has 1 amide bonds. The van der Waals surface area contributed by atoms with Crippen molar-refractivity contribution in [1.29, 1.82) is 0 Å². The van der Waals surface area contributed by atoms with E-state index in [0.29, 0.717) is 11.0 Å². The molecule has 2 aliphatic heterocycles. The monoisotopic (exact) mass is 353 g/mol. The Balaban J connectivity index is 1.30. The molecule has 0 aliphatic carbocycles. The summed E-state index contributed by atoms with van der Waals surface area (Å²) in [7, 11) is 0. The topological polar surface area (TPSA) is 49.6 Å². The zero-order valence-corrected chi connectivity index (χ0v) is 15.5. The van der Waals surface area contributed by atoms with Crippen LogP contribution < -0.4 is 0 Å². The maximum absolute atomic E-state index is 12.7. The Morgan fingerprint density at radius 2 is 1.85 bits per heavy atom. The van der Waals surface area contributed by atoms with E-state index in [9.17, 15) is 4.79 Å². The van der Waals surface area contributed by atoms with Crippen molar-refractivity contribution in [3.8, 4) is 0 Å². The Bertz CT molecular complexity index is 738. The molecule has 2 aliphatic rings. The molecule has 0 unspecified atom stereocenters. The van der Waals surface area contributed by atoms with Crippen LogP contribution in [0.25, 0.3) is 0 Å². The van der Waals surface area contributed by atoms with Gasteiger partial charge in [0, 0.05) is 25.8 Å². The molecule has 0 radical (unpaired) electrons. The van der Waals surface area contributed by atoms with Crippen molar-refractivity contribution in [3.63, 3.8) is 0 Å². The van der Waals surface area contributed by atoms with Crippen LogP contribution in [0.4, 0.5) is 0 Å². The van der Waals surface area contributed by atoms with Crippen LogP contribution in [-0.2, 0) is 6.54 Å². The number of amides is 1. The smallest absolute Gasteiger partial charge is 0.257 e.